The molecule has 9 heteroatoms. The number of aryl methyl sites for hydroxylation is 2. The number of aromatic nitrogens is 3. The van der Waals surface area contributed by atoms with Crippen molar-refractivity contribution in [1.29, 1.82) is 0 Å². The Bertz CT molecular complexity index is 1140. The van der Waals surface area contributed by atoms with Crippen LogP contribution in [-0.4, -0.2) is 27.2 Å². The molecule has 0 radical (unpaired) electrons. The molecule has 0 saturated heterocycles. The Morgan fingerprint density at radius 1 is 1.11 bits per heavy atom. The minimum absolute atomic E-state index is 0.147. The number of hydrazone groups is 1. The van der Waals surface area contributed by atoms with Crippen LogP contribution in [-0.2, 0) is 0 Å². The fraction of sp³-hybridized carbons (Fsp3) is 0.105. The van der Waals surface area contributed by atoms with Gasteiger partial charge in [0.1, 0.15) is 16.5 Å². The number of benzene rings is 1. The van der Waals surface area contributed by atoms with Gasteiger partial charge >= 0.3 is 0 Å². The molecule has 140 valence electrons. The summed E-state index contributed by atoms with van der Waals surface area (Å²) >= 11 is 3.03. The summed E-state index contributed by atoms with van der Waals surface area (Å²) in [6, 6.07) is 9.48. The zero-order valence-corrected chi connectivity index (χ0v) is 16.7. The first kappa shape index (κ1) is 18.2. The topological polar surface area (TPSA) is 93.3 Å². The summed E-state index contributed by atoms with van der Waals surface area (Å²) in [5.41, 5.74) is 5.52. The van der Waals surface area contributed by atoms with Crippen LogP contribution in [0.4, 0.5) is 0 Å². The number of rotatable bonds is 5. The normalized spacial score (nSPS) is 11.2. The molecule has 1 N–H and O–H groups in total. The van der Waals surface area contributed by atoms with E-state index in [4.69, 9.17) is 4.52 Å². The van der Waals surface area contributed by atoms with Crippen LogP contribution in [0.5, 0.6) is 0 Å². The van der Waals surface area contributed by atoms with Crippen LogP contribution in [0, 0.1) is 13.8 Å². The van der Waals surface area contributed by atoms with Crippen molar-refractivity contribution in [3.63, 3.8) is 0 Å². The molecule has 4 rings (SSSR count). The van der Waals surface area contributed by atoms with Gasteiger partial charge in [0.05, 0.1) is 22.5 Å². The maximum Gasteiger partial charge on any atom is 0.294 e. The zero-order chi connectivity index (χ0) is 19.5. The summed E-state index contributed by atoms with van der Waals surface area (Å²) in [6.45, 7) is 3.70. The highest BCUT2D eigenvalue weighted by atomic mass is 32.1. The highest BCUT2D eigenvalue weighted by molar-refractivity contribution is 7.14. The fourth-order valence-electron chi connectivity index (χ4n) is 2.55. The van der Waals surface area contributed by atoms with E-state index in [0.29, 0.717) is 17.0 Å². The Kier molecular flexibility index (Phi) is 5.09. The number of hydrogen-bond donors (Lipinski definition) is 1. The molecular formula is C19H15N5O2S2. The number of carbonyl (C=O) groups is 1. The van der Waals surface area contributed by atoms with Crippen molar-refractivity contribution >= 4 is 34.8 Å². The van der Waals surface area contributed by atoms with E-state index in [1.165, 1.54) is 11.3 Å². The van der Waals surface area contributed by atoms with Crippen molar-refractivity contribution in [3.05, 3.63) is 63.1 Å². The average Bonchev–Trinajstić information content (AvgIpc) is 3.42. The first-order valence-electron chi connectivity index (χ1n) is 8.35. The van der Waals surface area contributed by atoms with Crippen molar-refractivity contribution in [1.82, 2.24) is 20.6 Å². The highest BCUT2D eigenvalue weighted by Crippen LogP contribution is 2.32. The molecular weight excluding hydrogens is 394 g/mol. The van der Waals surface area contributed by atoms with Gasteiger partial charge in [-0.15, -0.1) is 22.7 Å². The largest absolute Gasteiger partial charge is 0.360 e. The number of nitrogens with zero attached hydrogens (tertiary/aromatic N) is 4. The molecule has 0 aliphatic carbocycles. The van der Waals surface area contributed by atoms with Crippen molar-refractivity contribution in [2.45, 2.75) is 13.8 Å². The molecule has 0 aliphatic rings. The number of nitrogens with one attached hydrogen (secondary N) is 1. The van der Waals surface area contributed by atoms with Crippen LogP contribution in [0.2, 0.25) is 0 Å². The third-order valence-electron chi connectivity index (χ3n) is 3.86. The van der Waals surface area contributed by atoms with Gasteiger partial charge in [0, 0.05) is 10.8 Å². The third-order valence-corrected chi connectivity index (χ3v) is 5.49. The van der Waals surface area contributed by atoms with Crippen molar-refractivity contribution in [2.24, 2.45) is 5.10 Å². The van der Waals surface area contributed by atoms with Crippen LogP contribution in [0.1, 0.15) is 26.8 Å². The SMILES string of the molecule is Cc1nc(-c2nc(-c3c(C(=O)N/N=C/c4ccccc4)noc3C)cs2)cs1. The molecule has 28 heavy (non-hydrogen) atoms. The number of hydrogen-bond acceptors (Lipinski definition) is 8. The lowest BCUT2D eigenvalue weighted by molar-refractivity contribution is 0.0946. The van der Waals surface area contributed by atoms with Gasteiger partial charge in [-0.2, -0.15) is 5.10 Å². The van der Waals surface area contributed by atoms with E-state index < -0.39 is 5.91 Å². The molecule has 0 fully saturated rings. The van der Waals surface area contributed by atoms with Crippen molar-refractivity contribution in [3.8, 4) is 22.0 Å². The summed E-state index contributed by atoms with van der Waals surface area (Å²) in [5, 5.41) is 13.5. The molecule has 3 heterocycles. The van der Waals surface area contributed by atoms with Gasteiger partial charge < -0.3 is 4.52 Å². The second kappa shape index (κ2) is 7.83. The quantitative estimate of drug-likeness (QED) is 0.392. The van der Waals surface area contributed by atoms with Crippen LogP contribution in [0.3, 0.4) is 0 Å². The minimum atomic E-state index is -0.460. The van der Waals surface area contributed by atoms with E-state index in [2.05, 4.69) is 25.7 Å². The lowest BCUT2D eigenvalue weighted by Crippen LogP contribution is -2.19. The van der Waals surface area contributed by atoms with Crippen LogP contribution >= 0.6 is 22.7 Å². The molecule has 1 aromatic carbocycles. The van der Waals surface area contributed by atoms with Crippen molar-refractivity contribution in [2.75, 3.05) is 0 Å². The minimum Gasteiger partial charge on any atom is -0.360 e. The van der Waals surface area contributed by atoms with Crippen LogP contribution in [0.25, 0.3) is 22.0 Å². The number of amides is 1. The molecule has 0 aliphatic heterocycles. The standard InChI is InChI=1S/C19H15N5O2S2/c1-11-16(14-9-28-19(22-14)15-10-27-12(2)21-15)17(24-26-11)18(25)23-20-8-13-6-4-3-5-7-13/h3-10H,1-2H3,(H,23,25)/b20-8+. The van der Waals surface area contributed by atoms with Gasteiger partial charge in [-0.1, -0.05) is 35.5 Å². The van der Waals surface area contributed by atoms with Gasteiger partial charge in [0.2, 0.25) is 0 Å². The Hall–Kier alpha value is -3.17. The molecule has 0 atom stereocenters. The number of thiazole rings is 2. The predicted molar refractivity (Wildman–Crippen MR) is 110 cm³/mol. The summed E-state index contributed by atoms with van der Waals surface area (Å²) in [7, 11) is 0. The van der Waals surface area contributed by atoms with Crippen molar-refractivity contribution < 1.29 is 9.32 Å². The predicted octanol–water partition coefficient (Wildman–Crippen LogP) is 4.30. The highest BCUT2D eigenvalue weighted by Gasteiger charge is 2.23. The van der Waals surface area contributed by atoms with Gasteiger partial charge in [-0.05, 0) is 19.4 Å². The first-order chi connectivity index (χ1) is 13.6. The third kappa shape index (κ3) is 3.75. The van der Waals surface area contributed by atoms with Gasteiger partial charge in [-0.3, -0.25) is 4.79 Å². The average molecular weight is 409 g/mol. The van der Waals surface area contributed by atoms with E-state index in [-0.39, 0.29) is 5.69 Å². The molecule has 1 amide bonds. The van der Waals surface area contributed by atoms with E-state index in [1.54, 1.807) is 24.5 Å². The summed E-state index contributed by atoms with van der Waals surface area (Å²) in [4.78, 5) is 21.6. The lowest BCUT2D eigenvalue weighted by Gasteiger charge is -1.99. The maximum absolute atomic E-state index is 12.5. The molecule has 0 bridgehead atoms. The number of carbonyl (C=O) groups excluding carboxylic acids is 1. The Morgan fingerprint density at radius 3 is 2.64 bits per heavy atom. The monoisotopic (exact) mass is 409 g/mol. The van der Waals surface area contributed by atoms with Gasteiger partial charge in [0.25, 0.3) is 5.91 Å². The van der Waals surface area contributed by atoms with E-state index in [9.17, 15) is 4.79 Å². The second-order valence-electron chi connectivity index (χ2n) is 5.86. The van der Waals surface area contributed by atoms with Crippen LogP contribution in [0.15, 0.2) is 50.7 Å². The Balaban J connectivity index is 1.57. The van der Waals surface area contributed by atoms with E-state index >= 15 is 0 Å². The molecule has 4 aromatic rings. The van der Waals surface area contributed by atoms with Crippen LogP contribution < -0.4 is 5.43 Å². The van der Waals surface area contributed by atoms with Gasteiger partial charge in [0.15, 0.2) is 5.69 Å². The van der Waals surface area contributed by atoms with Gasteiger partial charge in [-0.25, -0.2) is 15.4 Å². The Morgan fingerprint density at radius 2 is 1.89 bits per heavy atom. The second-order valence-corrected chi connectivity index (χ2v) is 7.78. The molecule has 3 aromatic heterocycles. The summed E-state index contributed by atoms with van der Waals surface area (Å²) < 4.78 is 5.24. The molecule has 0 saturated carbocycles. The Labute approximate surface area is 168 Å². The van der Waals surface area contributed by atoms with E-state index in [0.717, 1.165) is 21.3 Å². The maximum atomic E-state index is 12.5. The zero-order valence-electron chi connectivity index (χ0n) is 15.0. The van der Waals surface area contributed by atoms with E-state index in [1.807, 2.05) is 48.0 Å². The smallest absolute Gasteiger partial charge is 0.294 e. The molecule has 7 nitrogen and oxygen atoms in total. The molecule has 0 unspecified atom stereocenters. The lowest BCUT2D eigenvalue weighted by atomic mass is 10.1. The summed E-state index contributed by atoms with van der Waals surface area (Å²) in [5.74, 6) is 0.0570. The fourth-order valence-corrected chi connectivity index (χ4v) is 4.00. The first-order valence-corrected chi connectivity index (χ1v) is 10.1. The molecule has 0 spiro atoms. The summed E-state index contributed by atoms with van der Waals surface area (Å²) in [6.07, 6.45) is 1.57.